The topological polar surface area (TPSA) is 63.8 Å². The number of aromatic amines is 1. The number of alkyl halides is 3. The van der Waals surface area contributed by atoms with E-state index in [4.69, 9.17) is 4.42 Å². The van der Waals surface area contributed by atoms with E-state index in [1.165, 1.54) is 18.4 Å². The first-order chi connectivity index (χ1) is 9.86. The molecule has 0 aliphatic rings. The van der Waals surface area contributed by atoms with Crippen molar-refractivity contribution in [1.82, 2.24) is 14.5 Å². The molecule has 0 spiro atoms. The summed E-state index contributed by atoms with van der Waals surface area (Å²) >= 11 is 0. The maximum Gasteiger partial charge on any atom is 0.449 e. The molecular formula is C13H10F3N3O2. The van der Waals surface area contributed by atoms with Crippen molar-refractivity contribution in [1.29, 1.82) is 0 Å². The molecule has 5 nitrogen and oxygen atoms in total. The van der Waals surface area contributed by atoms with Gasteiger partial charge in [-0.3, -0.25) is 9.36 Å². The molecule has 0 fully saturated rings. The zero-order valence-electron chi connectivity index (χ0n) is 10.9. The Morgan fingerprint density at radius 2 is 2.19 bits per heavy atom. The van der Waals surface area contributed by atoms with Gasteiger partial charge in [-0.25, -0.2) is 4.98 Å². The summed E-state index contributed by atoms with van der Waals surface area (Å²) in [4.78, 5) is 18.5. The predicted octanol–water partition coefficient (Wildman–Crippen LogP) is 2.69. The normalized spacial score (nSPS) is 12.2. The molecule has 0 bridgehead atoms. The number of rotatable bonds is 2. The number of furan rings is 1. The third-order valence-corrected chi connectivity index (χ3v) is 3.03. The van der Waals surface area contributed by atoms with Crippen LogP contribution < -0.4 is 5.56 Å². The van der Waals surface area contributed by atoms with Gasteiger partial charge in [0.2, 0.25) is 5.82 Å². The first-order valence-corrected chi connectivity index (χ1v) is 6.06. The van der Waals surface area contributed by atoms with Crippen LogP contribution in [-0.4, -0.2) is 14.5 Å². The molecule has 0 unspecified atom stereocenters. The van der Waals surface area contributed by atoms with Gasteiger partial charge in [0.05, 0.1) is 18.2 Å². The van der Waals surface area contributed by atoms with Gasteiger partial charge in [-0.05, 0) is 25.1 Å². The Kier molecular flexibility index (Phi) is 2.89. The van der Waals surface area contributed by atoms with Gasteiger partial charge in [-0.1, -0.05) is 0 Å². The summed E-state index contributed by atoms with van der Waals surface area (Å²) in [6, 6.07) is 4.52. The number of aryl methyl sites for hydroxylation is 1. The lowest BCUT2D eigenvalue weighted by Gasteiger charge is -2.13. The number of fused-ring (bicyclic) bond motifs is 1. The van der Waals surface area contributed by atoms with Crippen LogP contribution in [0, 0.1) is 6.92 Å². The summed E-state index contributed by atoms with van der Waals surface area (Å²) < 4.78 is 45.0. The van der Waals surface area contributed by atoms with Crippen LogP contribution >= 0.6 is 0 Å². The van der Waals surface area contributed by atoms with Crippen molar-refractivity contribution in [3.8, 4) is 0 Å². The van der Waals surface area contributed by atoms with Crippen molar-refractivity contribution in [3.05, 3.63) is 52.1 Å². The van der Waals surface area contributed by atoms with Crippen molar-refractivity contribution in [2.75, 3.05) is 0 Å². The molecule has 0 saturated heterocycles. The highest BCUT2D eigenvalue weighted by molar-refractivity contribution is 5.75. The van der Waals surface area contributed by atoms with Gasteiger partial charge >= 0.3 is 6.18 Å². The lowest BCUT2D eigenvalue weighted by Crippen LogP contribution is -2.30. The van der Waals surface area contributed by atoms with E-state index in [9.17, 15) is 18.0 Å². The number of nitrogens with zero attached hydrogens (tertiary/aromatic N) is 2. The Morgan fingerprint density at radius 1 is 1.43 bits per heavy atom. The number of halogens is 3. The minimum absolute atomic E-state index is 0.0690. The number of H-pyrrole nitrogens is 1. The Bertz CT molecular complexity index is 844. The average molecular weight is 297 g/mol. The zero-order valence-corrected chi connectivity index (χ0v) is 10.9. The van der Waals surface area contributed by atoms with Crippen LogP contribution in [0.15, 0.2) is 33.7 Å². The van der Waals surface area contributed by atoms with Crippen LogP contribution in [0.5, 0.6) is 0 Å². The molecule has 110 valence electrons. The van der Waals surface area contributed by atoms with E-state index >= 15 is 0 Å². The molecule has 3 aromatic rings. The van der Waals surface area contributed by atoms with E-state index in [0.29, 0.717) is 10.3 Å². The first-order valence-electron chi connectivity index (χ1n) is 6.06. The molecule has 0 aliphatic heterocycles. The third kappa shape index (κ3) is 2.32. The van der Waals surface area contributed by atoms with Crippen molar-refractivity contribution >= 4 is 11.0 Å². The second-order valence-electron chi connectivity index (χ2n) is 4.62. The molecule has 1 N–H and O–H groups in total. The van der Waals surface area contributed by atoms with Crippen molar-refractivity contribution in [2.24, 2.45) is 0 Å². The van der Waals surface area contributed by atoms with Gasteiger partial charge in [0.25, 0.3) is 5.56 Å². The van der Waals surface area contributed by atoms with Crippen molar-refractivity contribution < 1.29 is 17.6 Å². The van der Waals surface area contributed by atoms with E-state index in [2.05, 4.69) is 9.97 Å². The molecule has 21 heavy (non-hydrogen) atoms. The van der Waals surface area contributed by atoms with E-state index in [1.807, 2.05) is 0 Å². The molecule has 0 atom stereocenters. The second kappa shape index (κ2) is 4.51. The summed E-state index contributed by atoms with van der Waals surface area (Å²) in [5.41, 5.74) is -0.257. The lowest BCUT2D eigenvalue weighted by atomic mass is 10.3. The molecule has 3 aromatic heterocycles. The largest absolute Gasteiger partial charge is 0.467 e. The fourth-order valence-corrected chi connectivity index (χ4v) is 2.16. The lowest BCUT2D eigenvalue weighted by molar-refractivity contribution is -0.147. The van der Waals surface area contributed by atoms with Crippen LogP contribution in [0.2, 0.25) is 0 Å². The molecule has 3 heterocycles. The van der Waals surface area contributed by atoms with Gasteiger partial charge in [0.1, 0.15) is 11.4 Å². The van der Waals surface area contributed by atoms with Gasteiger partial charge in [-0.15, -0.1) is 0 Å². The molecule has 3 rings (SSSR count). The summed E-state index contributed by atoms with van der Waals surface area (Å²) in [5, 5.41) is 0.118. The minimum Gasteiger partial charge on any atom is -0.467 e. The van der Waals surface area contributed by atoms with Crippen LogP contribution in [0.25, 0.3) is 11.0 Å². The molecule has 0 aliphatic carbocycles. The van der Waals surface area contributed by atoms with E-state index < -0.39 is 17.6 Å². The van der Waals surface area contributed by atoms with Gasteiger partial charge in [0.15, 0.2) is 0 Å². The van der Waals surface area contributed by atoms with Crippen LogP contribution in [-0.2, 0) is 12.7 Å². The monoisotopic (exact) mass is 297 g/mol. The summed E-state index contributed by atoms with van der Waals surface area (Å²) in [5.74, 6) is -1.01. The van der Waals surface area contributed by atoms with E-state index in [-0.39, 0.29) is 23.3 Å². The number of hydrogen-bond acceptors (Lipinski definition) is 3. The van der Waals surface area contributed by atoms with E-state index in [1.54, 1.807) is 13.0 Å². The Morgan fingerprint density at radius 3 is 2.81 bits per heavy atom. The summed E-state index contributed by atoms with van der Waals surface area (Å²) in [6.07, 6.45) is -3.40. The summed E-state index contributed by atoms with van der Waals surface area (Å²) in [7, 11) is 0. The first kappa shape index (κ1) is 13.5. The molecule has 0 saturated carbocycles. The number of hydrogen-bond donors (Lipinski definition) is 1. The Balaban J connectivity index is 2.28. The highest BCUT2D eigenvalue weighted by Gasteiger charge is 2.37. The van der Waals surface area contributed by atoms with Crippen molar-refractivity contribution in [3.63, 3.8) is 0 Å². The van der Waals surface area contributed by atoms with Crippen LogP contribution in [0.1, 0.15) is 17.3 Å². The molecule has 0 aromatic carbocycles. The van der Waals surface area contributed by atoms with Gasteiger partial charge in [-0.2, -0.15) is 13.2 Å². The highest BCUT2D eigenvalue weighted by Crippen LogP contribution is 2.28. The van der Waals surface area contributed by atoms with Crippen LogP contribution in [0.3, 0.4) is 0 Å². The maximum absolute atomic E-state index is 13.1. The second-order valence-corrected chi connectivity index (χ2v) is 4.62. The maximum atomic E-state index is 13.1. The Hall–Kier alpha value is -2.51. The van der Waals surface area contributed by atoms with Crippen molar-refractivity contribution in [2.45, 2.75) is 19.6 Å². The average Bonchev–Trinajstić information content (AvgIpc) is 3.00. The quantitative estimate of drug-likeness (QED) is 0.791. The zero-order chi connectivity index (χ0) is 15.2. The van der Waals surface area contributed by atoms with Gasteiger partial charge < -0.3 is 9.40 Å². The molecule has 8 heteroatoms. The fourth-order valence-electron chi connectivity index (χ4n) is 2.16. The summed E-state index contributed by atoms with van der Waals surface area (Å²) in [6.45, 7) is 1.32. The highest BCUT2D eigenvalue weighted by atomic mass is 19.4. The standard InChI is InChI=1S/C13H10F3N3O2/c1-7-5-9-10(17-7)18-12(13(14,15)16)19(11(9)20)6-8-3-2-4-21-8/h2-5,17H,6H2,1H3. The molecule has 0 radical (unpaired) electrons. The number of nitrogens with one attached hydrogen (secondary N) is 1. The molecular weight excluding hydrogens is 287 g/mol. The number of aromatic nitrogens is 3. The predicted molar refractivity (Wildman–Crippen MR) is 67.9 cm³/mol. The van der Waals surface area contributed by atoms with E-state index in [0.717, 1.165) is 0 Å². The SMILES string of the molecule is Cc1cc2c(=O)n(Cc3ccco3)c(C(F)(F)F)nc2[nH]1. The Labute approximate surface area is 116 Å². The smallest absolute Gasteiger partial charge is 0.449 e. The minimum atomic E-state index is -4.74. The van der Waals surface area contributed by atoms with Gasteiger partial charge in [0, 0.05) is 5.69 Å². The molecule has 0 amide bonds. The third-order valence-electron chi connectivity index (χ3n) is 3.03. The fraction of sp³-hybridized carbons (Fsp3) is 0.231. The van der Waals surface area contributed by atoms with Crippen LogP contribution in [0.4, 0.5) is 13.2 Å².